The molecular formula is C31H34N4O8. The molecule has 43 heavy (non-hydrogen) atoms. The van der Waals surface area contributed by atoms with Gasteiger partial charge in [0.15, 0.2) is 0 Å². The highest BCUT2D eigenvalue weighted by Crippen LogP contribution is 2.19. The van der Waals surface area contributed by atoms with Crippen molar-refractivity contribution in [2.75, 3.05) is 0 Å². The van der Waals surface area contributed by atoms with E-state index in [9.17, 15) is 19.2 Å². The van der Waals surface area contributed by atoms with E-state index < -0.39 is 35.9 Å². The summed E-state index contributed by atoms with van der Waals surface area (Å²) in [6.45, 7) is 6.58. The van der Waals surface area contributed by atoms with Gasteiger partial charge in [-0.05, 0) is 63.1 Å². The Balaban J connectivity index is 1.64. The van der Waals surface area contributed by atoms with Gasteiger partial charge in [0.2, 0.25) is 5.96 Å². The molecule has 3 aromatic rings. The molecule has 0 saturated heterocycles. The topological polar surface area (TPSA) is 154 Å². The summed E-state index contributed by atoms with van der Waals surface area (Å²) in [5, 5.41) is 7.21. The lowest BCUT2D eigenvalue weighted by molar-refractivity contribution is -0.136. The van der Waals surface area contributed by atoms with Gasteiger partial charge in [-0.3, -0.25) is 10.6 Å². The first-order chi connectivity index (χ1) is 20.5. The number of guanidine groups is 1. The van der Waals surface area contributed by atoms with Gasteiger partial charge in [-0.2, -0.15) is 0 Å². The maximum atomic E-state index is 12.5. The van der Waals surface area contributed by atoms with Crippen molar-refractivity contribution in [3.8, 4) is 5.75 Å². The first kappa shape index (κ1) is 32.1. The van der Waals surface area contributed by atoms with Crippen molar-refractivity contribution in [2.24, 2.45) is 4.99 Å². The molecule has 0 bridgehead atoms. The predicted octanol–water partition coefficient (Wildman–Crippen LogP) is 5.35. The molecule has 226 valence electrons. The SMILES string of the molecule is C[C@@H](NC(=O)OC(C)(C)C)C(=O)Oc1ccc(N=C(NC(=O)OCc2ccccc2)NC(=O)OCc2ccccc2)cc1. The molecule has 1 atom stereocenters. The highest BCUT2D eigenvalue weighted by Gasteiger charge is 2.22. The van der Waals surface area contributed by atoms with Crippen LogP contribution in [0.15, 0.2) is 89.9 Å². The molecule has 0 aliphatic rings. The Bertz CT molecular complexity index is 1350. The molecule has 12 nitrogen and oxygen atoms in total. The van der Waals surface area contributed by atoms with Crippen LogP contribution < -0.4 is 20.7 Å². The first-order valence-corrected chi connectivity index (χ1v) is 13.3. The second-order valence-electron chi connectivity index (χ2n) is 10.1. The lowest BCUT2D eigenvalue weighted by Crippen LogP contribution is -2.44. The molecule has 0 fully saturated rings. The van der Waals surface area contributed by atoms with Crippen molar-refractivity contribution in [3.05, 3.63) is 96.1 Å². The zero-order valence-electron chi connectivity index (χ0n) is 24.3. The van der Waals surface area contributed by atoms with Crippen LogP contribution in [0.1, 0.15) is 38.8 Å². The van der Waals surface area contributed by atoms with Crippen molar-refractivity contribution in [2.45, 2.75) is 52.6 Å². The fraction of sp³-hybridized carbons (Fsp3) is 0.258. The van der Waals surface area contributed by atoms with E-state index >= 15 is 0 Å². The molecule has 0 aliphatic heterocycles. The average Bonchev–Trinajstić information content (AvgIpc) is 2.96. The number of hydrogen-bond donors (Lipinski definition) is 3. The Morgan fingerprint density at radius 3 is 1.67 bits per heavy atom. The zero-order chi connectivity index (χ0) is 31.2. The minimum Gasteiger partial charge on any atom is -0.444 e. The summed E-state index contributed by atoms with van der Waals surface area (Å²) in [6.07, 6.45) is -2.47. The molecule has 0 radical (unpaired) electrons. The van der Waals surface area contributed by atoms with Crippen LogP contribution in [0.5, 0.6) is 5.75 Å². The normalized spacial score (nSPS) is 11.3. The van der Waals surface area contributed by atoms with Gasteiger partial charge < -0.3 is 24.3 Å². The van der Waals surface area contributed by atoms with Gasteiger partial charge in [0, 0.05) is 0 Å². The van der Waals surface area contributed by atoms with Gasteiger partial charge in [-0.25, -0.2) is 24.2 Å². The average molecular weight is 591 g/mol. The van der Waals surface area contributed by atoms with Crippen molar-refractivity contribution < 1.29 is 38.1 Å². The van der Waals surface area contributed by atoms with E-state index in [0.29, 0.717) is 5.69 Å². The number of ether oxygens (including phenoxy) is 4. The van der Waals surface area contributed by atoms with Crippen LogP contribution in [-0.4, -0.2) is 41.9 Å². The van der Waals surface area contributed by atoms with E-state index in [0.717, 1.165) is 11.1 Å². The van der Waals surface area contributed by atoms with E-state index in [1.54, 1.807) is 45.0 Å². The maximum absolute atomic E-state index is 12.5. The number of carbonyl (C=O) groups is 4. The summed E-state index contributed by atoms with van der Waals surface area (Å²) < 4.78 is 20.9. The van der Waals surface area contributed by atoms with E-state index in [-0.39, 0.29) is 24.9 Å². The number of esters is 1. The van der Waals surface area contributed by atoms with Gasteiger partial charge >= 0.3 is 24.2 Å². The summed E-state index contributed by atoms with van der Waals surface area (Å²) in [4.78, 5) is 53.5. The number of hydrogen-bond acceptors (Lipinski definition) is 9. The second-order valence-corrected chi connectivity index (χ2v) is 10.1. The van der Waals surface area contributed by atoms with Gasteiger partial charge in [0.05, 0.1) is 5.69 Å². The van der Waals surface area contributed by atoms with Crippen LogP contribution in [0.25, 0.3) is 0 Å². The maximum Gasteiger partial charge on any atom is 0.414 e. The number of aliphatic imine (C=N–C) groups is 1. The van der Waals surface area contributed by atoms with E-state index in [4.69, 9.17) is 18.9 Å². The van der Waals surface area contributed by atoms with Gasteiger partial charge in [-0.1, -0.05) is 60.7 Å². The van der Waals surface area contributed by atoms with Crippen LogP contribution in [-0.2, 0) is 32.2 Å². The second kappa shape index (κ2) is 15.6. The number of carbonyl (C=O) groups excluding carboxylic acids is 4. The standard InChI is InChI=1S/C31H34N4O8/c1-21(32-30(39)43-31(2,3)4)26(36)42-25-17-15-24(16-18-25)33-27(34-28(37)40-19-22-11-7-5-8-12-22)35-29(38)41-20-23-13-9-6-10-14-23/h5-18,21H,19-20H2,1-4H3,(H,32,39)(H2,33,34,35,37,38)/t21-/m1/s1. The van der Waals surface area contributed by atoms with Gasteiger partial charge in [0.1, 0.15) is 30.6 Å². The first-order valence-electron chi connectivity index (χ1n) is 13.3. The third-order valence-corrected chi connectivity index (χ3v) is 5.25. The number of rotatable bonds is 8. The molecule has 3 amide bonds. The number of alkyl carbamates (subject to hydrolysis) is 3. The molecule has 0 aromatic heterocycles. The summed E-state index contributed by atoms with van der Waals surface area (Å²) in [5.74, 6) is -0.793. The number of nitrogens with zero attached hydrogens (tertiary/aromatic N) is 1. The zero-order valence-corrected chi connectivity index (χ0v) is 24.3. The van der Waals surface area contributed by atoms with Gasteiger partial charge in [-0.15, -0.1) is 0 Å². The number of benzene rings is 3. The van der Waals surface area contributed by atoms with E-state index in [1.807, 2.05) is 36.4 Å². The van der Waals surface area contributed by atoms with Crippen LogP contribution >= 0.6 is 0 Å². The highest BCUT2D eigenvalue weighted by atomic mass is 16.6. The third-order valence-electron chi connectivity index (χ3n) is 5.25. The van der Waals surface area contributed by atoms with Gasteiger partial charge in [0.25, 0.3) is 0 Å². The molecular weight excluding hydrogens is 556 g/mol. The van der Waals surface area contributed by atoms with Crippen molar-refractivity contribution >= 4 is 35.9 Å². The number of nitrogens with one attached hydrogen (secondary N) is 3. The van der Waals surface area contributed by atoms with Crippen LogP contribution in [0.4, 0.5) is 20.1 Å². The monoisotopic (exact) mass is 590 g/mol. The summed E-state index contributed by atoms with van der Waals surface area (Å²) in [5.41, 5.74) is 1.12. The van der Waals surface area contributed by atoms with Crippen molar-refractivity contribution in [1.82, 2.24) is 16.0 Å². The highest BCUT2D eigenvalue weighted by molar-refractivity contribution is 6.02. The molecule has 12 heteroatoms. The van der Waals surface area contributed by atoms with Crippen LogP contribution in [0, 0.1) is 0 Å². The van der Waals surface area contributed by atoms with Crippen LogP contribution in [0.2, 0.25) is 0 Å². The number of amides is 3. The summed E-state index contributed by atoms with van der Waals surface area (Å²) >= 11 is 0. The quantitative estimate of drug-likeness (QED) is 0.104. The van der Waals surface area contributed by atoms with Crippen LogP contribution in [0.3, 0.4) is 0 Å². The summed E-state index contributed by atoms with van der Waals surface area (Å²) in [6, 6.07) is 23.0. The predicted molar refractivity (Wildman–Crippen MR) is 158 cm³/mol. The molecule has 0 aliphatic carbocycles. The minimum atomic E-state index is -0.976. The minimum absolute atomic E-state index is 0.000319. The Kier molecular flexibility index (Phi) is 11.6. The smallest absolute Gasteiger partial charge is 0.414 e. The van der Waals surface area contributed by atoms with Crippen molar-refractivity contribution in [3.63, 3.8) is 0 Å². The Morgan fingerprint density at radius 2 is 1.21 bits per heavy atom. The Labute approximate surface area is 249 Å². The molecule has 0 heterocycles. The largest absolute Gasteiger partial charge is 0.444 e. The Hall–Kier alpha value is -5.39. The third kappa shape index (κ3) is 12.3. The fourth-order valence-corrected chi connectivity index (χ4v) is 3.26. The fourth-order valence-electron chi connectivity index (χ4n) is 3.26. The lowest BCUT2D eigenvalue weighted by atomic mass is 10.2. The lowest BCUT2D eigenvalue weighted by Gasteiger charge is -2.21. The van der Waals surface area contributed by atoms with E-state index in [2.05, 4.69) is 20.9 Å². The molecule has 0 saturated carbocycles. The molecule has 3 aromatic carbocycles. The molecule has 0 spiro atoms. The molecule has 0 unspecified atom stereocenters. The molecule has 3 rings (SSSR count). The Morgan fingerprint density at radius 1 is 0.721 bits per heavy atom. The van der Waals surface area contributed by atoms with E-state index in [1.165, 1.54) is 31.2 Å². The summed E-state index contributed by atoms with van der Waals surface area (Å²) in [7, 11) is 0. The molecule has 3 N–H and O–H groups in total. The van der Waals surface area contributed by atoms with Crippen molar-refractivity contribution in [1.29, 1.82) is 0 Å².